The van der Waals surface area contributed by atoms with Crippen LogP contribution in [0.25, 0.3) is 0 Å². The van der Waals surface area contributed by atoms with Crippen LogP contribution in [0.2, 0.25) is 0 Å². The lowest BCUT2D eigenvalue weighted by Crippen LogP contribution is -2.44. The second-order valence-corrected chi connectivity index (χ2v) is 4.80. The highest BCUT2D eigenvalue weighted by atomic mass is 16.5. The third kappa shape index (κ3) is 6.67. The van der Waals surface area contributed by atoms with E-state index in [2.05, 4.69) is 10.3 Å². The number of aromatic nitrogens is 1. The number of hydrogen-bond donors (Lipinski definition) is 1. The Balaban J connectivity index is 2.34. The maximum Gasteiger partial charge on any atom is 0.311 e. The van der Waals surface area contributed by atoms with E-state index < -0.39 is 11.8 Å². The summed E-state index contributed by atoms with van der Waals surface area (Å²) in [7, 11) is 0. The van der Waals surface area contributed by atoms with Crippen LogP contribution in [-0.2, 0) is 20.7 Å². The Hall–Kier alpha value is -1.95. The van der Waals surface area contributed by atoms with Crippen molar-refractivity contribution in [2.24, 2.45) is 0 Å². The summed E-state index contributed by atoms with van der Waals surface area (Å²) < 4.78 is 5.18. The molecule has 0 saturated heterocycles. The van der Waals surface area contributed by atoms with E-state index in [4.69, 9.17) is 4.74 Å². The number of ether oxygens (including phenoxy) is 1. The summed E-state index contributed by atoms with van der Waals surface area (Å²) in [6, 6.07) is 3.82. The summed E-state index contributed by atoms with van der Waals surface area (Å²) in [4.78, 5) is 29.4. The third-order valence-electron chi connectivity index (χ3n) is 3.24. The molecule has 0 saturated carbocycles. The molecule has 0 bridgehead atoms. The Bertz CT molecular complexity index is 451. The molecule has 0 radical (unpaired) electrons. The first-order valence-corrected chi connectivity index (χ1v) is 7.72. The molecule has 1 N–H and O–H groups in total. The molecule has 6 heteroatoms. The molecule has 0 fully saturated rings. The molecule has 122 valence electrons. The zero-order valence-electron chi connectivity index (χ0n) is 13.4. The first kappa shape index (κ1) is 18.1. The molecule has 0 aromatic carbocycles. The molecule has 2 amide bonds. The van der Waals surface area contributed by atoms with Gasteiger partial charge in [-0.1, -0.05) is 0 Å². The molecule has 0 aliphatic rings. The minimum absolute atomic E-state index is 0.451. The van der Waals surface area contributed by atoms with Crippen LogP contribution in [0, 0.1) is 0 Å². The number of pyridine rings is 1. The fraction of sp³-hybridized carbons (Fsp3) is 0.562. The van der Waals surface area contributed by atoms with Gasteiger partial charge in [-0.15, -0.1) is 0 Å². The van der Waals surface area contributed by atoms with Gasteiger partial charge < -0.3 is 15.0 Å². The predicted molar refractivity (Wildman–Crippen MR) is 84.3 cm³/mol. The van der Waals surface area contributed by atoms with Crippen molar-refractivity contribution < 1.29 is 14.3 Å². The summed E-state index contributed by atoms with van der Waals surface area (Å²) >= 11 is 0. The zero-order chi connectivity index (χ0) is 16.2. The van der Waals surface area contributed by atoms with Crippen LogP contribution in [0.1, 0.15) is 25.8 Å². The van der Waals surface area contributed by atoms with Crippen LogP contribution in [0.15, 0.2) is 24.5 Å². The van der Waals surface area contributed by atoms with Crippen LogP contribution >= 0.6 is 0 Å². The van der Waals surface area contributed by atoms with Gasteiger partial charge in [-0.25, -0.2) is 0 Å². The Labute approximate surface area is 131 Å². The van der Waals surface area contributed by atoms with E-state index in [1.54, 1.807) is 17.3 Å². The predicted octanol–water partition coefficient (Wildman–Crippen LogP) is 1.02. The van der Waals surface area contributed by atoms with Gasteiger partial charge >= 0.3 is 11.8 Å². The lowest BCUT2D eigenvalue weighted by molar-refractivity contribution is -0.145. The van der Waals surface area contributed by atoms with E-state index in [0.717, 1.165) is 5.56 Å². The van der Waals surface area contributed by atoms with Gasteiger partial charge in [0, 0.05) is 45.2 Å². The van der Waals surface area contributed by atoms with E-state index in [0.29, 0.717) is 45.7 Å². The second-order valence-electron chi connectivity index (χ2n) is 4.80. The molecule has 1 aromatic rings. The third-order valence-corrected chi connectivity index (χ3v) is 3.24. The molecule has 1 rings (SSSR count). The first-order valence-electron chi connectivity index (χ1n) is 7.72. The molecular formula is C16H25N3O3. The average Bonchev–Trinajstić information content (AvgIpc) is 2.55. The lowest BCUT2D eigenvalue weighted by atomic mass is 10.2. The molecule has 0 aliphatic heterocycles. The first-order chi connectivity index (χ1) is 10.7. The average molecular weight is 307 g/mol. The van der Waals surface area contributed by atoms with Gasteiger partial charge in [-0.05, 0) is 44.4 Å². The van der Waals surface area contributed by atoms with Crippen LogP contribution in [0.5, 0.6) is 0 Å². The number of nitrogens with zero attached hydrogens (tertiary/aromatic N) is 2. The van der Waals surface area contributed by atoms with E-state index in [1.807, 2.05) is 26.0 Å². The number of hydrogen-bond acceptors (Lipinski definition) is 4. The Morgan fingerprint density at radius 3 is 2.64 bits per heavy atom. The maximum absolute atomic E-state index is 12.1. The van der Waals surface area contributed by atoms with Crippen molar-refractivity contribution in [1.82, 2.24) is 15.2 Å². The minimum atomic E-state index is -0.548. The van der Waals surface area contributed by atoms with Gasteiger partial charge in [0.15, 0.2) is 0 Å². The maximum atomic E-state index is 12.1. The molecule has 0 atom stereocenters. The number of amides is 2. The van der Waals surface area contributed by atoms with Crippen molar-refractivity contribution in [3.63, 3.8) is 0 Å². The number of rotatable bonds is 9. The minimum Gasteiger partial charge on any atom is -0.382 e. The number of carbonyl (C=O) groups is 2. The fourth-order valence-corrected chi connectivity index (χ4v) is 1.96. The quantitative estimate of drug-likeness (QED) is 0.546. The highest BCUT2D eigenvalue weighted by Crippen LogP contribution is 2.00. The van der Waals surface area contributed by atoms with Crippen LogP contribution < -0.4 is 5.32 Å². The molecule has 0 spiro atoms. The summed E-state index contributed by atoms with van der Waals surface area (Å²) in [5.74, 6) is -1.03. The summed E-state index contributed by atoms with van der Waals surface area (Å²) in [6.07, 6.45) is 4.85. The SMILES string of the molecule is CCOCCCNC(=O)C(=O)N(CC)CCc1ccncc1. The van der Waals surface area contributed by atoms with Crippen molar-refractivity contribution in [3.8, 4) is 0 Å². The number of likely N-dealkylation sites (N-methyl/N-ethyl adjacent to an activating group) is 1. The molecule has 6 nitrogen and oxygen atoms in total. The molecule has 1 heterocycles. The van der Waals surface area contributed by atoms with Gasteiger partial charge in [-0.3, -0.25) is 14.6 Å². The van der Waals surface area contributed by atoms with E-state index in [-0.39, 0.29) is 0 Å². The molecule has 0 unspecified atom stereocenters. The van der Waals surface area contributed by atoms with E-state index in [9.17, 15) is 9.59 Å². The molecule has 0 aliphatic carbocycles. The number of carbonyl (C=O) groups excluding carboxylic acids is 2. The zero-order valence-corrected chi connectivity index (χ0v) is 13.4. The summed E-state index contributed by atoms with van der Waals surface area (Å²) in [5.41, 5.74) is 1.10. The van der Waals surface area contributed by atoms with E-state index >= 15 is 0 Å². The van der Waals surface area contributed by atoms with Crippen molar-refractivity contribution in [2.45, 2.75) is 26.7 Å². The van der Waals surface area contributed by atoms with Crippen molar-refractivity contribution >= 4 is 11.8 Å². The standard InChI is InChI=1S/C16H25N3O3/c1-3-19(12-8-14-6-10-17-11-7-14)16(21)15(20)18-9-5-13-22-4-2/h6-7,10-11H,3-5,8-9,12-13H2,1-2H3,(H,18,20). The van der Waals surface area contributed by atoms with Crippen LogP contribution in [0.4, 0.5) is 0 Å². The second kappa shape index (κ2) is 10.7. The Morgan fingerprint density at radius 1 is 1.27 bits per heavy atom. The largest absolute Gasteiger partial charge is 0.382 e. The van der Waals surface area contributed by atoms with Gasteiger partial charge in [-0.2, -0.15) is 0 Å². The molecule has 22 heavy (non-hydrogen) atoms. The van der Waals surface area contributed by atoms with Crippen molar-refractivity contribution in [2.75, 3.05) is 32.8 Å². The monoisotopic (exact) mass is 307 g/mol. The lowest BCUT2D eigenvalue weighted by Gasteiger charge is -2.20. The summed E-state index contributed by atoms with van der Waals surface area (Å²) in [6.45, 7) is 6.52. The molecular weight excluding hydrogens is 282 g/mol. The smallest absolute Gasteiger partial charge is 0.311 e. The number of nitrogens with one attached hydrogen (secondary N) is 1. The topological polar surface area (TPSA) is 71.5 Å². The van der Waals surface area contributed by atoms with Gasteiger partial charge in [0.25, 0.3) is 0 Å². The highest BCUT2D eigenvalue weighted by Gasteiger charge is 2.19. The van der Waals surface area contributed by atoms with Crippen molar-refractivity contribution in [3.05, 3.63) is 30.1 Å². The Morgan fingerprint density at radius 2 is 2.00 bits per heavy atom. The van der Waals surface area contributed by atoms with Gasteiger partial charge in [0.05, 0.1) is 0 Å². The summed E-state index contributed by atoms with van der Waals surface area (Å²) in [5, 5.41) is 2.63. The van der Waals surface area contributed by atoms with Gasteiger partial charge in [0.1, 0.15) is 0 Å². The fourth-order valence-electron chi connectivity index (χ4n) is 1.96. The Kier molecular flexibility index (Phi) is 8.83. The molecule has 1 aromatic heterocycles. The van der Waals surface area contributed by atoms with Crippen LogP contribution in [-0.4, -0.2) is 54.5 Å². The van der Waals surface area contributed by atoms with Crippen molar-refractivity contribution in [1.29, 1.82) is 0 Å². The normalized spacial score (nSPS) is 10.3. The van der Waals surface area contributed by atoms with Crippen LogP contribution in [0.3, 0.4) is 0 Å². The van der Waals surface area contributed by atoms with Gasteiger partial charge in [0.2, 0.25) is 0 Å². The highest BCUT2D eigenvalue weighted by molar-refractivity contribution is 6.34. The van der Waals surface area contributed by atoms with E-state index in [1.165, 1.54) is 0 Å².